The van der Waals surface area contributed by atoms with Crippen LogP contribution >= 0.6 is 0 Å². The summed E-state index contributed by atoms with van der Waals surface area (Å²) in [5, 5.41) is 10.3. The number of benzene rings is 1. The molecular weight excluding hydrogens is 330 g/mol. The average molecular weight is 353 g/mol. The van der Waals surface area contributed by atoms with E-state index in [9.17, 15) is 9.59 Å². The fourth-order valence-corrected chi connectivity index (χ4v) is 3.92. The first-order chi connectivity index (χ1) is 12.6. The Hall–Kier alpha value is -2.67. The maximum atomic E-state index is 12.6. The summed E-state index contributed by atoms with van der Waals surface area (Å²) in [5.41, 5.74) is 1.91. The van der Waals surface area contributed by atoms with E-state index in [0.717, 1.165) is 38.2 Å². The monoisotopic (exact) mass is 353 g/mol. The summed E-state index contributed by atoms with van der Waals surface area (Å²) in [6.45, 7) is 4.70. The van der Waals surface area contributed by atoms with Crippen molar-refractivity contribution in [2.45, 2.75) is 25.8 Å². The van der Waals surface area contributed by atoms with Gasteiger partial charge in [-0.15, -0.1) is 0 Å². The molecule has 4 heterocycles. The van der Waals surface area contributed by atoms with Gasteiger partial charge in [0, 0.05) is 25.7 Å². The Bertz CT molecular complexity index is 823. The lowest BCUT2D eigenvalue weighted by atomic mass is 9.84. The Balaban J connectivity index is 1.50. The zero-order chi connectivity index (χ0) is 18.1. The Kier molecular flexibility index (Phi) is 4.46. The number of nitrogens with zero attached hydrogens (tertiary/aromatic N) is 3. The second kappa shape index (κ2) is 6.92. The van der Waals surface area contributed by atoms with Gasteiger partial charge in [-0.2, -0.15) is 5.10 Å². The number of hydrogen-bond acceptors (Lipinski definition) is 4. The summed E-state index contributed by atoms with van der Waals surface area (Å²) in [6, 6.07) is 7.60. The summed E-state index contributed by atoms with van der Waals surface area (Å²) in [5.74, 6) is 0.344. The van der Waals surface area contributed by atoms with Crippen LogP contribution in [0.5, 0.6) is 0 Å². The van der Waals surface area contributed by atoms with Crippen molar-refractivity contribution in [3.63, 3.8) is 0 Å². The molecule has 3 aliphatic rings. The van der Waals surface area contributed by atoms with Gasteiger partial charge < -0.3 is 15.5 Å². The van der Waals surface area contributed by atoms with E-state index in [1.54, 1.807) is 17.1 Å². The predicted octanol–water partition coefficient (Wildman–Crippen LogP) is 1.65. The van der Waals surface area contributed by atoms with E-state index < -0.39 is 0 Å². The average Bonchev–Trinajstić information content (AvgIpc) is 3.13. The van der Waals surface area contributed by atoms with Gasteiger partial charge in [0.05, 0.1) is 23.1 Å². The molecule has 1 atom stereocenters. The number of anilines is 1. The molecule has 26 heavy (non-hydrogen) atoms. The Morgan fingerprint density at radius 3 is 2.65 bits per heavy atom. The van der Waals surface area contributed by atoms with E-state index in [1.165, 1.54) is 6.92 Å². The quantitative estimate of drug-likeness (QED) is 0.876. The summed E-state index contributed by atoms with van der Waals surface area (Å²) < 4.78 is 1.62. The maximum Gasteiger partial charge on any atom is 0.254 e. The number of fused-ring (bicyclic) bond motifs is 3. The van der Waals surface area contributed by atoms with Crippen molar-refractivity contribution in [1.29, 1.82) is 0 Å². The second-order valence-corrected chi connectivity index (χ2v) is 7.09. The molecule has 0 saturated carbocycles. The van der Waals surface area contributed by atoms with Crippen molar-refractivity contribution in [1.82, 2.24) is 20.0 Å². The zero-order valence-electron chi connectivity index (χ0n) is 14.8. The molecule has 0 unspecified atom stereocenters. The third kappa shape index (κ3) is 3.35. The molecule has 7 nitrogen and oxygen atoms in total. The molecule has 136 valence electrons. The van der Waals surface area contributed by atoms with Gasteiger partial charge in [0.25, 0.3) is 5.91 Å². The van der Waals surface area contributed by atoms with Crippen LogP contribution in [0.2, 0.25) is 0 Å². The first-order valence-electron chi connectivity index (χ1n) is 9.05. The normalized spacial score (nSPS) is 24.3. The SMILES string of the molecule is CC(=O)Nc1ccccc1-n1cc(C(=O)N[C@H]2CN3CCC2CC3)cn1. The number of piperidine rings is 3. The molecule has 2 aromatic rings. The van der Waals surface area contributed by atoms with E-state index in [-0.39, 0.29) is 17.9 Å². The first kappa shape index (κ1) is 16.8. The van der Waals surface area contributed by atoms with E-state index in [4.69, 9.17) is 0 Å². The van der Waals surface area contributed by atoms with Crippen LogP contribution in [0.25, 0.3) is 5.69 Å². The number of para-hydroxylation sites is 2. The van der Waals surface area contributed by atoms with Gasteiger partial charge in [-0.05, 0) is 44.0 Å². The molecule has 7 heteroatoms. The van der Waals surface area contributed by atoms with Crippen molar-refractivity contribution in [3.05, 3.63) is 42.2 Å². The number of carbonyl (C=O) groups is 2. The highest BCUT2D eigenvalue weighted by Crippen LogP contribution is 2.27. The number of aromatic nitrogens is 2. The van der Waals surface area contributed by atoms with Crippen LogP contribution in [0, 0.1) is 5.92 Å². The topological polar surface area (TPSA) is 79.3 Å². The summed E-state index contributed by atoms with van der Waals surface area (Å²) in [4.78, 5) is 26.4. The van der Waals surface area contributed by atoms with Crippen molar-refractivity contribution in [2.75, 3.05) is 25.0 Å². The number of rotatable bonds is 4. The van der Waals surface area contributed by atoms with Gasteiger partial charge in [0.1, 0.15) is 0 Å². The fraction of sp³-hybridized carbons (Fsp3) is 0.421. The molecule has 1 aromatic carbocycles. The lowest BCUT2D eigenvalue weighted by Gasteiger charge is -2.44. The van der Waals surface area contributed by atoms with Gasteiger partial charge in [-0.1, -0.05) is 12.1 Å². The molecule has 0 radical (unpaired) electrons. The van der Waals surface area contributed by atoms with Crippen LogP contribution in [0.15, 0.2) is 36.7 Å². The maximum absolute atomic E-state index is 12.6. The molecule has 2 amide bonds. The highest BCUT2D eigenvalue weighted by molar-refractivity contribution is 5.94. The summed E-state index contributed by atoms with van der Waals surface area (Å²) >= 11 is 0. The molecule has 3 saturated heterocycles. The highest BCUT2D eigenvalue weighted by atomic mass is 16.2. The highest BCUT2D eigenvalue weighted by Gasteiger charge is 2.35. The van der Waals surface area contributed by atoms with Crippen molar-refractivity contribution < 1.29 is 9.59 Å². The second-order valence-electron chi connectivity index (χ2n) is 7.09. The van der Waals surface area contributed by atoms with Crippen molar-refractivity contribution in [2.24, 2.45) is 5.92 Å². The van der Waals surface area contributed by atoms with Gasteiger partial charge in [0.15, 0.2) is 0 Å². The van der Waals surface area contributed by atoms with Crippen LogP contribution < -0.4 is 10.6 Å². The smallest absolute Gasteiger partial charge is 0.254 e. The third-order valence-electron chi connectivity index (χ3n) is 5.28. The van der Waals surface area contributed by atoms with Crippen LogP contribution in [0.3, 0.4) is 0 Å². The molecule has 0 spiro atoms. The standard InChI is InChI=1S/C19H23N5O2/c1-13(25)21-16-4-2-3-5-18(16)24-11-15(10-20-24)19(26)22-17-12-23-8-6-14(17)7-9-23/h2-5,10-11,14,17H,6-9,12H2,1H3,(H,21,25)(H,22,26)/t17-/m0/s1. The molecular formula is C19H23N5O2. The van der Waals surface area contributed by atoms with E-state index in [2.05, 4.69) is 20.6 Å². The Morgan fingerprint density at radius 1 is 1.19 bits per heavy atom. The predicted molar refractivity (Wildman–Crippen MR) is 98.3 cm³/mol. The van der Waals surface area contributed by atoms with Gasteiger partial charge in [0.2, 0.25) is 5.91 Å². The molecule has 3 fully saturated rings. The van der Waals surface area contributed by atoms with Crippen LogP contribution in [0.4, 0.5) is 5.69 Å². The van der Waals surface area contributed by atoms with Crippen LogP contribution in [-0.2, 0) is 4.79 Å². The minimum absolute atomic E-state index is 0.0907. The van der Waals surface area contributed by atoms with Crippen molar-refractivity contribution in [3.8, 4) is 5.69 Å². The Labute approximate surface area is 152 Å². The Morgan fingerprint density at radius 2 is 1.96 bits per heavy atom. The van der Waals surface area contributed by atoms with Crippen LogP contribution in [0.1, 0.15) is 30.1 Å². The van der Waals surface area contributed by atoms with E-state index in [0.29, 0.717) is 17.2 Å². The number of carbonyl (C=O) groups excluding carboxylic acids is 2. The molecule has 1 aromatic heterocycles. The van der Waals surface area contributed by atoms with Gasteiger partial charge >= 0.3 is 0 Å². The number of amides is 2. The van der Waals surface area contributed by atoms with Crippen LogP contribution in [-0.4, -0.2) is 52.2 Å². The summed E-state index contributed by atoms with van der Waals surface area (Å²) in [6.07, 6.45) is 5.60. The zero-order valence-corrected chi connectivity index (χ0v) is 14.8. The minimum atomic E-state index is -0.148. The molecule has 2 N–H and O–H groups in total. The molecule has 5 rings (SSSR count). The number of hydrogen-bond donors (Lipinski definition) is 2. The lowest BCUT2D eigenvalue weighted by Crippen LogP contribution is -2.57. The van der Waals surface area contributed by atoms with E-state index in [1.807, 2.05) is 24.3 Å². The fourth-order valence-electron chi connectivity index (χ4n) is 3.92. The molecule has 3 aliphatic heterocycles. The largest absolute Gasteiger partial charge is 0.348 e. The van der Waals surface area contributed by atoms with Gasteiger partial charge in [-0.3, -0.25) is 9.59 Å². The van der Waals surface area contributed by atoms with E-state index >= 15 is 0 Å². The molecule has 0 aliphatic carbocycles. The number of nitrogens with one attached hydrogen (secondary N) is 2. The summed E-state index contributed by atoms with van der Waals surface area (Å²) in [7, 11) is 0. The minimum Gasteiger partial charge on any atom is -0.348 e. The molecule has 2 bridgehead atoms. The van der Waals surface area contributed by atoms with Crippen molar-refractivity contribution >= 4 is 17.5 Å². The third-order valence-corrected chi connectivity index (χ3v) is 5.28. The lowest BCUT2D eigenvalue weighted by molar-refractivity contribution is -0.114. The first-order valence-corrected chi connectivity index (χ1v) is 9.05. The van der Waals surface area contributed by atoms with Gasteiger partial charge in [-0.25, -0.2) is 4.68 Å².